The molecule has 3 N–H and O–H groups in total. The van der Waals surface area contributed by atoms with Gasteiger partial charge in [-0.2, -0.15) is 5.10 Å². The molecule has 0 aliphatic heterocycles. The summed E-state index contributed by atoms with van der Waals surface area (Å²) in [5.74, 6) is 0.438. The summed E-state index contributed by atoms with van der Waals surface area (Å²) in [6.45, 7) is 1.35. The van der Waals surface area contributed by atoms with E-state index in [-0.39, 0.29) is 24.0 Å². The van der Waals surface area contributed by atoms with E-state index in [0.717, 1.165) is 0 Å². The van der Waals surface area contributed by atoms with Gasteiger partial charge in [-0.3, -0.25) is 4.99 Å². The standard InChI is InChI=1S/C18H20N6.HI/c1-20-18(19)22-10-16-4-2-3-5-17(16)15-8-6-14(7-9-15)11-24-13-21-12-23-24;/h2-9,12-13H,10-11H2,1H3,(H3,19,20,22);1H. The highest BCUT2D eigenvalue weighted by Crippen LogP contribution is 2.24. The number of rotatable bonds is 5. The normalized spacial score (nSPS) is 11.0. The second-order valence-electron chi connectivity index (χ2n) is 5.41. The fraction of sp³-hybridized carbons (Fsp3) is 0.167. The Morgan fingerprint density at radius 3 is 2.60 bits per heavy atom. The summed E-state index contributed by atoms with van der Waals surface area (Å²) in [4.78, 5) is 7.88. The van der Waals surface area contributed by atoms with Crippen LogP contribution in [0.3, 0.4) is 0 Å². The number of nitrogens with one attached hydrogen (secondary N) is 1. The quantitative estimate of drug-likeness (QED) is 0.357. The second-order valence-corrected chi connectivity index (χ2v) is 5.41. The number of guanidine groups is 1. The van der Waals surface area contributed by atoms with Gasteiger partial charge in [-0.1, -0.05) is 48.5 Å². The molecule has 3 aromatic rings. The summed E-state index contributed by atoms with van der Waals surface area (Å²) in [7, 11) is 1.67. The molecule has 130 valence electrons. The van der Waals surface area contributed by atoms with Gasteiger partial charge in [0, 0.05) is 13.6 Å². The van der Waals surface area contributed by atoms with E-state index in [0.29, 0.717) is 19.0 Å². The zero-order chi connectivity index (χ0) is 16.8. The molecule has 1 aromatic heterocycles. The van der Waals surface area contributed by atoms with Crippen LogP contribution in [0.2, 0.25) is 0 Å². The van der Waals surface area contributed by atoms with Gasteiger partial charge in [-0.05, 0) is 22.3 Å². The zero-order valence-corrected chi connectivity index (χ0v) is 16.3. The molecule has 2 aromatic carbocycles. The molecule has 0 aliphatic rings. The van der Waals surface area contributed by atoms with Crippen molar-refractivity contribution in [2.24, 2.45) is 10.7 Å². The molecular formula is C18H21IN6. The van der Waals surface area contributed by atoms with Crippen LogP contribution in [0.4, 0.5) is 0 Å². The van der Waals surface area contributed by atoms with E-state index in [1.54, 1.807) is 24.4 Å². The van der Waals surface area contributed by atoms with E-state index < -0.39 is 0 Å². The van der Waals surface area contributed by atoms with Crippen molar-refractivity contribution in [1.29, 1.82) is 0 Å². The molecule has 0 saturated heterocycles. The average molecular weight is 448 g/mol. The number of hydrogen-bond donors (Lipinski definition) is 2. The number of halogens is 1. The van der Waals surface area contributed by atoms with Gasteiger partial charge in [0.1, 0.15) is 12.7 Å². The number of nitrogens with two attached hydrogens (primary N) is 1. The van der Waals surface area contributed by atoms with Crippen LogP contribution < -0.4 is 11.1 Å². The van der Waals surface area contributed by atoms with Crippen molar-refractivity contribution in [1.82, 2.24) is 20.1 Å². The molecule has 0 unspecified atom stereocenters. The summed E-state index contributed by atoms with van der Waals surface area (Å²) in [5, 5.41) is 7.24. The van der Waals surface area contributed by atoms with Gasteiger partial charge in [-0.25, -0.2) is 9.67 Å². The summed E-state index contributed by atoms with van der Waals surface area (Å²) in [5.41, 5.74) is 10.4. The van der Waals surface area contributed by atoms with E-state index in [4.69, 9.17) is 5.73 Å². The van der Waals surface area contributed by atoms with Crippen molar-refractivity contribution >= 4 is 29.9 Å². The van der Waals surface area contributed by atoms with Crippen molar-refractivity contribution in [2.75, 3.05) is 7.05 Å². The number of aromatic nitrogens is 3. The average Bonchev–Trinajstić information content (AvgIpc) is 3.13. The smallest absolute Gasteiger partial charge is 0.188 e. The minimum Gasteiger partial charge on any atom is -0.370 e. The Bertz CT molecular complexity index is 812. The monoisotopic (exact) mass is 448 g/mol. The van der Waals surface area contributed by atoms with Crippen molar-refractivity contribution in [3.8, 4) is 11.1 Å². The zero-order valence-electron chi connectivity index (χ0n) is 14.0. The molecule has 7 heteroatoms. The SMILES string of the molecule is CN=C(N)NCc1ccccc1-c1ccc(Cn2cncn2)cc1.I. The summed E-state index contributed by atoms with van der Waals surface area (Å²) >= 11 is 0. The summed E-state index contributed by atoms with van der Waals surface area (Å²) in [6, 6.07) is 16.8. The lowest BCUT2D eigenvalue weighted by atomic mass is 9.98. The summed E-state index contributed by atoms with van der Waals surface area (Å²) < 4.78 is 1.81. The maximum Gasteiger partial charge on any atom is 0.188 e. The van der Waals surface area contributed by atoms with Crippen LogP contribution in [0.15, 0.2) is 66.2 Å². The van der Waals surface area contributed by atoms with Crippen molar-refractivity contribution < 1.29 is 0 Å². The van der Waals surface area contributed by atoms with E-state index in [2.05, 4.69) is 56.8 Å². The third-order valence-electron chi connectivity index (χ3n) is 3.79. The molecule has 0 spiro atoms. The molecule has 0 aliphatic carbocycles. The topological polar surface area (TPSA) is 81.1 Å². The highest BCUT2D eigenvalue weighted by atomic mass is 127. The number of nitrogens with zero attached hydrogens (tertiary/aromatic N) is 4. The van der Waals surface area contributed by atoms with Crippen molar-refractivity contribution in [2.45, 2.75) is 13.1 Å². The van der Waals surface area contributed by atoms with Crippen LogP contribution in [-0.2, 0) is 13.1 Å². The minimum atomic E-state index is 0. The molecule has 0 radical (unpaired) electrons. The molecule has 6 nitrogen and oxygen atoms in total. The van der Waals surface area contributed by atoms with Gasteiger partial charge in [0.25, 0.3) is 0 Å². The molecule has 0 bridgehead atoms. The summed E-state index contributed by atoms with van der Waals surface area (Å²) in [6.07, 6.45) is 3.26. The molecule has 0 fully saturated rings. The Kier molecular flexibility index (Phi) is 6.93. The maximum atomic E-state index is 5.72. The van der Waals surface area contributed by atoms with Crippen LogP contribution in [0.1, 0.15) is 11.1 Å². The Morgan fingerprint density at radius 2 is 1.92 bits per heavy atom. The predicted molar refractivity (Wildman–Crippen MR) is 111 cm³/mol. The third kappa shape index (κ3) is 5.02. The molecule has 25 heavy (non-hydrogen) atoms. The fourth-order valence-corrected chi connectivity index (χ4v) is 2.51. The Morgan fingerprint density at radius 1 is 1.16 bits per heavy atom. The minimum absolute atomic E-state index is 0. The predicted octanol–water partition coefficient (Wildman–Crippen LogP) is 2.65. The first kappa shape index (κ1) is 18.9. The number of benzene rings is 2. The Hall–Kier alpha value is -2.42. The molecule has 0 saturated carbocycles. The molecule has 1 heterocycles. The van der Waals surface area contributed by atoms with Gasteiger partial charge >= 0.3 is 0 Å². The van der Waals surface area contributed by atoms with Crippen LogP contribution in [0.25, 0.3) is 11.1 Å². The first-order chi connectivity index (χ1) is 11.8. The molecule has 0 amide bonds. The lowest BCUT2D eigenvalue weighted by Gasteiger charge is -2.12. The molecule has 3 rings (SSSR count). The third-order valence-corrected chi connectivity index (χ3v) is 3.79. The second kappa shape index (κ2) is 9.16. The van der Waals surface area contributed by atoms with E-state index in [1.165, 1.54) is 22.3 Å². The van der Waals surface area contributed by atoms with Crippen LogP contribution in [0.5, 0.6) is 0 Å². The van der Waals surface area contributed by atoms with E-state index in [9.17, 15) is 0 Å². The van der Waals surface area contributed by atoms with Crippen LogP contribution in [-0.4, -0.2) is 27.8 Å². The van der Waals surface area contributed by atoms with Crippen LogP contribution >= 0.6 is 24.0 Å². The van der Waals surface area contributed by atoms with Gasteiger partial charge in [0.15, 0.2) is 5.96 Å². The lowest BCUT2D eigenvalue weighted by Crippen LogP contribution is -2.30. The number of hydrogen-bond acceptors (Lipinski definition) is 3. The first-order valence-corrected chi connectivity index (χ1v) is 7.72. The molecule has 0 atom stereocenters. The lowest BCUT2D eigenvalue weighted by molar-refractivity contribution is 0.685. The van der Waals surface area contributed by atoms with Gasteiger partial charge in [0.2, 0.25) is 0 Å². The van der Waals surface area contributed by atoms with Crippen LogP contribution in [0, 0.1) is 0 Å². The fourth-order valence-electron chi connectivity index (χ4n) is 2.51. The van der Waals surface area contributed by atoms with Crippen molar-refractivity contribution in [3.63, 3.8) is 0 Å². The highest BCUT2D eigenvalue weighted by molar-refractivity contribution is 14.0. The van der Waals surface area contributed by atoms with E-state index in [1.807, 2.05) is 12.1 Å². The van der Waals surface area contributed by atoms with Gasteiger partial charge in [-0.15, -0.1) is 24.0 Å². The van der Waals surface area contributed by atoms with Crippen molar-refractivity contribution in [3.05, 3.63) is 72.3 Å². The van der Waals surface area contributed by atoms with Gasteiger partial charge < -0.3 is 11.1 Å². The first-order valence-electron chi connectivity index (χ1n) is 7.72. The van der Waals surface area contributed by atoms with Gasteiger partial charge in [0.05, 0.1) is 6.54 Å². The van der Waals surface area contributed by atoms with E-state index >= 15 is 0 Å². The number of aliphatic imine (C=N–C) groups is 1. The Balaban J connectivity index is 0.00000225. The maximum absolute atomic E-state index is 5.72. The largest absolute Gasteiger partial charge is 0.370 e. The highest BCUT2D eigenvalue weighted by Gasteiger charge is 2.05. The Labute approximate surface area is 164 Å². The molecular weight excluding hydrogens is 427 g/mol.